The Hall–Kier alpha value is -1.24. The summed E-state index contributed by atoms with van der Waals surface area (Å²) in [4.78, 5) is 10.7. The number of aryl methyl sites for hydroxylation is 1. The van der Waals surface area contributed by atoms with E-state index in [9.17, 15) is 0 Å². The normalized spacial score (nSPS) is 19.9. The van der Waals surface area contributed by atoms with Crippen LogP contribution < -0.4 is 0 Å². The van der Waals surface area contributed by atoms with E-state index in [-0.39, 0.29) is 0 Å². The van der Waals surface area contributed by atoms with Gasteiger partial charge in [-0.25, -0.2) is 0 Å². The summed E-state index contributed by atoms with van der Waals surface area (Å²) in [6.07, 6.45) is 3.67. The van der Waals surface area contributed by atoms with E-state index in [0.717, 1.165) is 38.4 Å². The van der Waals surface area contributed by atoms with Crippen LogP contribution in [0.2, 0.25) is 0 Å². The van der Waals surface area contributed by atoms with Gasteiger partial charge in [0.25, 0.3) is 0 Å². The molecule has 0 aromatic carbocycles. The zero-order valence-corrected chi connectivity index (χ0v) is 14.2. The van der Waals surface area contributed by atoms with Gasteiger partial charge in [0.1, 0.15) is 0 Å². The van der Waals surface area contributed by atoms with Crippen molar-refractivity contribution >= 4 is 11.3 Å². The second-order valence-corrected chi connectivity index (χ2v) is 7.10. The predicted molar refractivity (Wildman–Crippen MR) is 88.0 cm³/mol. The molecule has 0 bridgehead atoms. The van der Waals surface area contributed by atoms with E-state index in [4.69, 9.17) is 4.52 Å². The minimum Gasteiger partial charge on any atom is -0.340 e. The van der Waals surface area contributed by atoms with Crippen molar-refractivity contribution < 1.29 is 4.52 Å². The molecule has 1 unspecified atom stereocenters. The second-order valence-electron chi connectivity index (χ2n) is 6.07. The van der Waals surface area contributed by atoms with Gasteiger partial charge >= 0.3 is 0 Å². The van der Waals surface area contributed by atoms with Crippen molar-refractivity contribution in [2.45, 2.75) is 38.8 Å². The van der Waals surface area contributed by atoms with Crippen molar-refractivity contribution in [3.8, 4) is 0 Å². The number of nitrogens with zero attached hydrogens (tertiary/aromatic N) is 4. The lowest BCUT2D eigenvalue weighted by Crippen LogP contribution is -2.46. The molecule has 1 saturated heterocycles. The lowest BCUT2D eigenvalue weighted by molar-refractivity contribution is 0.110. The van der Waals surface area contributed by atoms with Crippen molar-refractivity contribution in [1.29, 1.82) is 0 Å². The summed E-state index contributed by atoms with van der Waals surface area (Å²) < 4.78 is 5.06. The van der Waals surface area contributed by atoms with Crippen LogP contribution in [-0.4, -0.2) is 52.7 Å². The van der Waals surface area contributed by atoms with E-state index < -0.39 is 0 Å². The lowest BCUT2D eigenvalue weighted by Gasteiger charge is -2.37. The molecule has 0 radical (unpaired) electrons. The maximum atomic E-state index is 5.06. The first-order valence-corrected chi connectivity index (χ1v) is 8.83. The van der Waals surface area contributed by atoms with Crippen LogP contribution >= 0.6 is 11.3 Å². The van der Waals surface area contributed by atoms with Gasteiger partial charge in [0.15, 0.2) is 5.82 Å². The van der Waals surface area contributed by atoms with Gasteiger partial charge in [-0.2, -0.15) is 4.98 Å². The number of rotatable bonds is 6. The van der Waals surface area contributed by atoms with Crippen molar-refractivity contribution in [3.05, 3.63) is 34.1 Å². The highest BCUT2D eigenvalue weighted by Gasteiger charge is 2.24. The van der Waals surface area contributed by atoms with Gasteiger partial charge in [-0.3, -0.25) is 4.90 Å². The smallest absolute Gasteiger partial charge is 0.223 e. The number of hydrogen-bond donors (Lipinski definition) is 0. The Balaban J connectivity index is 1.49. The van der Waals surface area contributed by atoms with Gasteiger partial charge in [-0.15, -0.1) is 11.3 Å². The Labute approximate surface area is 135 Å². The molecule has 3 rings (SSSR count). The van der Waals surface area contributed by atoms with Crippen molar-refractivity contribution in [2.24, 2.45) is 0 Å². The Morgan fingerprint density at radius 3 is 3.14 bits per heavy atom. The SMILES string of the molecule is Cc1nc(CN2CCCC(N(C)CCc3cccs3)C2)no1. The molecule has 1 fully saturated rings. The largest absolute Gasteiger partial charge is 0.340 e. The topological polar surface area (TPSA) is 45.4 Å². The highest BCUT2D eigenvalue weighted by Crippen LogP contribution is 2.17. The molecule has 1 aliphatic rings. The molecular formula is C16H24N4OS. The number of hydrogen-bond acceptors (Lipinski definition) is 6. The number of likely N-dealkylation sites (tertiary alicyclic amines) is 1. The maximum Gasteiger partial charge on any atom is 0.223 e. The van der Waals surface area contributed by atoms with E-state index in [1.165, 1.54) is 17.7 Å². The van der Waals surface area contributed by atoms with E-state index in [2.05, 4.69) is 44.5 Å². The van der Waals surface area contributed by atoms with Gasteiger partial charge in [0.2, 0.25) is 5.89 Å². The molecule has 0 aliphatic carbocycles. The molecule has 0 spiro atoms. The van der Waals surface area contributed by atoms with Crippen LogP contribution in [-0.2, 0) is 13.0 Å². The monoisotopic (exact) mass is 320 g/mol. The van der Waals surface area contributed by atoms with Crippen LogP contribution in [0, 0.1) is 6.92 Å². The van der Waals surface area contributed by atoms with Crippen LogP contribution in [0.15, 0.2) is 22.0 Å². The van der Waals surface area contributed by atoms with Crippen LogP contribution in [0.3, 0.4) is 0 Å². The Morgan fingerprint density at radius 1 is 1.50 bits per heavy atom. The second kappa shape index (κ2) is 7.35. The average Bonchev–Trinajstić information content (AvgIpc) is 3.17. The van der Waals surface area contributed by atoms with Crippen LogP contribution in [0.4, 0.5) is 0 Å². The quantitative estimate of drug-likeness (QED) is 0.818. The molecule has 5 nitrogen and oxygen atoms in total. The summed E-state index contributed by atoms with van der Waals surface area (Å²) in [6, 6.07) is 4.99. The summed E-state index contributed by atoms with van der Waals surface area (Å²) in [7, 11) is 2.25. The van der Waals surface area contributed by atoms with Crippen LogP contribution in [0.5, 0.6) is 0 Å². The van der Waals surface area contributed by atoms with Gasteiger partial charge in [-0.1, -0.05) is 11.2 Å². The lowest BCUT2D eigenvalue weighted by atomic mass is 10.0. The molecule has 6 heteroatoms. The van der Waals surface area contributed by atoms with Crippen LogP contribution in [0.1, 0.15) is 29.4 Å². The Kier molecular flexibility index (Phi) is 5.23. The summed E-state index contributed by atoms with van der Waals surface area (Å²) in [5.74, 6) is 1.45. The molecular weight excluding hydrogens is 296 g/mol. The molecule has 1 aliphatic heterocycles. The fourth-order valence-corrected chi connectivity index (χ4v) is 3.76. The molecule has 22 heavy (non-hydrogen) atoms. The third-order valence-electron chi connectivity index (χ3n) is 4.33. The third-order valence-corrected chi connectivity index (χ3v) is 5.27. The van der Waals surface area contributed by atoms with Crippen molar-refractivity contribution in [2.75, 3.05) is 26.7 Å². The van der Waals surface area contributed by atoms with E-state index >= 15 is 0 Å². The van der Waals surface area contributed by atoms with E-state index in [0.29, 0.717) is 11.9 Å². The Morgan fingerprint density at radius 2 is 2.41 bits per heavy atom. The molecule has 3 heterocycles. The first-order valence-electron chi connectivity index (χ1n) is 7.95. The minimum atomic E-state index is 0.627. The Bertz CT molecular complexity index is 568. The first kappa shape index (κ1) is 15.6. The zero-order chi connectivity index (χ0) is 15.4. The highest BCUT2D eigenvalue weighted by molar-refractivity contribution is 7.09. The first-order chi connectivity index (χ1) is 10.7. The fraction of sp³-hybridized carbons (Fsp3) is 0.625. The maximum absolute atomic E-state index is 5.06. The summed E-state index contributed by atoms with van der Waals surface area (Å²) in [5, 5.41) is 6.17. The molecule has 1 atom stereocenters. The number of piperidine rings is 1. The molecule has 0 saturated carbocycles. The molecule has 2 aromatic rings. The zero-order valence-electron chi connectivity index (χ0n) is 13.4. The molecule has 0 amide bonds. The van der Waals surface area contributed by atoms with Gasteiger partial charge < -0.3 is 9.42 Å². The van der Waals surface area contributed by atoms with Gasteiger partial charge in [0.05, 0.1) is 6.54 Å². The molecule has 120 valence electrons. The van der Waals surface area contributed by atoms with Crippen molar-refractivity contribution in [1.82, 2.24) is 19.9 Å². The van der Waals surface area contributed by atoms with Crippen molar-refractivity contribution in [3.63, 3.8) is 0 Å². The summed E-state index contributed by atoms with van der Waals surface area (Å²) in [5.41, 5.74) is 0. The van der Waals surface area contributed by atoms with Gasteiger partial charge in [0, 0.05) is 30.9 Å². The van der Waals surface area contributed by atoms with E-state index in [1.807, 2.05) is 18.3 Å². The van der Waals surface area contributed by atoms with E-state index in [1.54, 1.807) is 0 Å². The standard InChI is InChI=1S/C16H24N4OS/c1-13-17-16(18-21-13)12-20-8-3-5-14(11-20)19(2)9-7-15-6-4-10-22-15/h4,6,10,14H,3,5,7-9,11-12H2,1-2H3. The summed E-state index contributed by atoms with van der Waals surface area (Å²) in [6.45, 7) is 5.98. The van der Waals surface area contributed by atoms with Gasteiger partial charge in [-0.05, 0) is 44.3 Å². The number of thiophene rings is 1. The number of likely N-dealkylation sites (N-methyl/N-ethyl adjacent to an activating group) is 1. The average molecular weight is 320 g/mol. The third kappa shape index (κ3) is 4.15. The van der Waals surface area contributed by atoms with Crippen LogP contribution in [0.25, 0.3) is 0 Å². The summed E-state index contributed by atoms with van der Waals surface area (Å²) >= 11 is 1.85. The highest BCUT2D eigenvalue weighted by atomic mass is 32.1. The molecule has 2 aromatic heterocycles. The fourth-order valence-electron chi connectivity index (χ4n) is 3.06. The number of aromatic nitrogens is 2. The minimum absolute atomic E-state index is 0.627. The predicted octanol–water partition coefficient (Wildman–Crippen LogP) is 2.58. The molecule has 0 N–H and O–H groups in total.